The Kier molecular flexibility index (Phi) is 9.34. The summed E-state index contributed by atoms with van der Waals surface area (Å²) in [5.41, 5.74) is 3.39. The lowest BCUT2D eigenvalue weighted by Crippen LogP contribution is -2.16. The highest BCUT2D eigenvalue weighted by Gasteiger charge is 2.22. The maximum atomic E-state index is 11.3. The molecule has 8 heteroatoms. The molecule has 0 aliphatic carbocycles. The van der Waals surface area contributed by atoms with Gasteiger partial charge in [-0.15, -0.1) is 0 Å². The van der Waals surface area contributed by atoms with Gasteiger partial charge in [0, 0.05) is 34.2 Å². The zero-order valence-electron chi connectivity index (χ0n) is 20.5. The molecule has 0 spiro atoms. The summed E-state index contributed by atoms with van der Waals surface area (Å²) in [6.45, 7) is 10.4. The van der Waals surface area contributed by atoms with Gasteiger partial charge in [0.15, 0.2) is 0 Å². The standard InChI is InChI=1S/C27H32BrNO6/c1-5-32-12-13-33-25-14-19(23(28)16-22(25)27(2,3)4)17-34-20-8-6-18(7-9-20)21(15-26(30)31)24-10-11-35-29-24/h6-11,14,16,21H,5,12-13,15,17H2,1-4H3,(H,30,31). The lowest BCUT2D eigenvalue weighted by molar-refractivity contribution is -0.137. The molecular weight excluding hydrogens is 514 g/mol. The second kappa shape index (κ2) is 12.2. The topological polar surface area (TPSA) is 91.0 Å². The van der Waals surface area contributed by atoms with Crippen LogP contribution in [-0.4, -0.2) is 36.1 Å². The van der Waals surface area contributed by atoms with Crippen LogP contribution in [0.15, 0.2) is 57.7 Å². The van der Waals surface area contributed by atoms with E-state index < -0.39 is 11.9 Å². The van der Waals surface area contributed by atoms with Crippen LogP contribution in [0, 0.1) is 0 Å². The van der Waals surface area contributed by atoms with Gasteiger partial charge in [0.2, 0.25) is 0 Å². The Balaban J connectivity index is 1.74. The van der Waals surface area contributed by atoms with Crippen LogP contribution in [0.1, 0.15) is 62.4 Å². The molecule has 1 unspecified atom stereocenters. The Morgan fingerprint density at radius 1 is 1.11 bits per heavy atom. The first-order chi connectivity index (χ1) is 16.7. The molecule has 35 heavy (non-hydrogen) atoms. The van der Waals surface area contributed by atoms with Gasteiger partial charge in [0.25, 0.3) is 0 Å². The van der Waals surface area contributed by atoms with Crippen LogP contribution in [0.25, 0.3) is 0 Å². The normalized spacial score (nSPS) is 12.4. The van der Waals surface area contributed by atoms with Crippen LogP contribution in [0.2, 0.25) is 0 Å². The predicted octanol–water partition coefficient (Wildman–Crippen LogP) is 6.34. The zero-order valence-corrected chi connectivity index (χ0v) is 22.1. The molecule has 1 N–H and O–H groups in total. The second-order valence-corrected chi connectivity index (χ2v) is 10.0. The molecule has 0 aliphatic rings. The van der Waals surface area contributed by atoms with Crippen molar-refractivity contribution in [3.05, 3.63) is 75.6 Å². The quantitative estimate of drug-likeness (QED) is 0.265. The summed E-state index contributed by atoms with van der Waals surface area (Å²) in [6, 6.07) is 13.2. The number of aliphatic carboxylic acids is 1. The van der Waals surface area contributed by atoms with E-state index in [0.717, 1.165) is 26.9 Å². The van der Waals surface area contributed by atoms with E-state index in [2.05, 4.69) is 47.9 Å². The average Bonchev–Trinajstić information content (AvgIpc) is 3.34. The minimum Gasteiger partial charge on any atom is -0.491 e. The van der Waals surface area contributed by atoms with Gasteiger partial charge in [-0.2, -0.15) is 0 Å². The fourth-order valence-electron chi connectivity index (χ4n) is 3.69. The smallest absolute Gasteiger partial charge is 0.304 e. The van der Waals surface area contributed by atoms with Crippen molar-refractivity contribution in [2.45, 2.75) is 52.1 Å². The highest BCUT2D eigenvalue weighted by atomic mass is 79.9. The van der Waals surface area contributed by atoms with Gasteiger partial charge >= 0.3 is 5.97 Å². The Morgan fingerprint density at radius 2 is 1.86 bits per heavy atom. The molecule has 0 bridgehead atoms. The Bertz CT molecular complexity index is 1090. The molecule has 0 saturated heterocycles. The summed E-state index contributed by atoms with van der Waals surface area (Å²) in [7, 11) is 0. The van der Waals surface area contributed by atoms with E-state index in [4.69, 9.17) is 18.7 Å². The number of benzene rings is 2. The van der Waals surface area contributed by atoms with Gasteiger partial charge in [0.1, 0.15) is 31.0 Å². The van der Waals surface area contributed by atoms with Crippen LogP contribution < -0.4 is 9.47 Å². The summed E-state index contributed by atoms with van der Waals surface area (Å²) in [5.74, 6) is 0.198. The fourth-order valence-corrected chi connectivity index (χ4v) is 4.15. The van der Waals surface area contributed by atoms with Gasteiger partial charge in [-0.3, -0.25) is 4.79 Å². The molecular formula is C27H32BrNO6. The van der Waals surface area contributed by atoms with Crippen LogP contribution in [0.5, 0.6) is 11.5 Å². The summed E-state index contributed by atoms with van der Waals surface area (Å²) >= 11 is 3.68. The lowest BCUT2D eigenvalue weighted by atomic mass is 9.86. The molecule has 7 nitrogen and oxygen atoms in total. The third-order valence-corrected chi connectivity index (χ3v) is 6.25. The summed E-state index contributed by atoms with van der Waals surface area (Å²) in [6.07, 6.45) is 1.37. The molecule has 0 amide bonds. The highest BCUT2D eigenvalue weighted by Crippen LogP contribution is 2.36. The largest absolute Gasteiger partial charge is 0.491 e. The van der Waals surface area contributed by atoms with E-state index in [-0.39, 0.29) is 11.8 Å². The first-order valence-electron chi connectivity index (χ1n) is 11.6. The molecule has 2 aromatic carbocycles. The van der Waals surface area contributed by atoms with Gasteiger partial charge in [-0.25, -0.2) is 0 Å². The SMILES string of the molecule is CCOCCOc1cc(COc2ccc(C(CC(=O)O)c3ccon3)cc2)c(Br)cc1C(C)(C)C. The Hall–Kier alpha value is -2.84. The Morgan fingerprint density at radius 3 is 2.46 bits per heavy atom. The molecule has 0 aliphatic heterocycles. The van der Waals surface area contributed by atoms with Crippen molar-refractivity contribution in [2.24, 2.45) is 0 Å². The Labute approximate surface area is 214 Å². The molecule has 1 heterocycles. The average molecular weight is 546 g/mol. The van der Waals surface area contributed by atoms with Crippen LogP contribution >= 0.6 is 15.9 Å². The maximum Gasteiger partial charge on any atom is 0.304 e. The number of hydrogen-bond acceptors (Lipinski definition) is 6. The minimum absolute atomic E-state index is 0.0775. The van der Waals surface area contributed by atoms with Gasteiger partial charge < -0.3 is 23.8 Å². The third kappa shape index (κ3) is 7.57. The number of halogens is 1. The number of carboxylic acids is 1. The maximum absolute atomic E-state index is 11.3. The van der Waals surface area contributed by atoms with E-state index in [9.17, 15) is 9.90 Å². The van der Waals surface area contributed by atoms with Crippen molar-refractivity contribution >= 4 is 21.9 Å². The van der Waals surface area contributed by atoms with Gasteiger partial charge in [0.05, 0.1) is 18.7 Å². The van der Waals surface area contributed by atoms with E-state index >= 15 is 0 Å². The molecule has 0 saturated carbocycles. The summed E-state index contributed by atoms with van der Waals surface area (Å²) in [5, 5.41) is 13.2. The number of carbonyl (C=O) groups is 1. The van der Waals surface area contributed by atoms with E-state index in [1.807, 2.05) is 37.3 Å². The predicted molar refractivity (Wildman–Crippen MR) is 136 cm³/mol. The van der Waals surface area contributed by atoms with Crippen LogP contribution in [-0.2, 0) is 21.6 Å². The monoisotopic (exact) mass is 545 g/mol. The highest BCUT2D eigenvalue weighted by molar-refractivity contribution is 9.10. The summed E-state index contributed by atoms with van der Waals surface area (Å²) in [4.78, 5) is 11.3. The third-order valence-electron chi connectivity index (χ3n) is 5.52. The molecule has 188 valence electrons. The van der Waals surface area contributed by atoms with Gasteiger partial charge in [-0.1, -0.05) is 54.0 Å². The number of ether oxygens (including phenoxy) is 3. The van der Waals surface area contributed by atoms with E-state index in [1.165, 1.54) is 6.26 Å². The van der Waals surface area contributed by atoms with E-state index in [0.29, 0.717) is 37.9 Å². The minimum atomic E-state index is -0.902. The molecule has 0 fully saturated rings. The molecule has 1 atom stereocenters. The number of nitrogens with zero attached hydrogens (tertiary/aromatic N) is 1. The molecule has 1 aromatic heterocycles. The first kappa shape index (κ1) is 26.8. The van der Waals surface area contributed by atoms with Crippen LogP contribution in [0.3, 0.4) is 0 Å². The van der Waals surface area contributed by atoms with E-state index in [1.54, 1.807) is 6.07 Å². The molecule has 0 radical (unpaired) electrons. The number of hydrogen-bond donors (Lipinski definition) is 1. The lowest BCUT2D eigenvalue weighted by Gasteiger charge is -2.24. The van der Waals surface area contributed by atoms with Crippen molar-refractivity contribution in [3.63, 3.8) is 0 Å². The molecule has 3 rings (SSSR count). The first-order valence-corrected chi connectivity index (χ1v) is 12.4. The number of rotatable bonds is 12. The fraction of sp³-hybridized carbons (Fsp3) is 0.407. The molecule has 3 aromatic rings. The van der Waals surface area contributed by atoms with Crippen molar-refractivity contribution in [1.82, 2.24) is 5.16 Å². The van der Waals surface area contributed by atoms with Crippen molar-refractivity contribution in [1.29, 1.82) is 0 Å². The second-order valence-electron chi connectivity index (χ2n) is 9.17. The van der Waals surface area contributed by atoms with Crippen molar-refractivity contribution in [3.8, 4) is 11.5 Å². The number of carboxylic acid groups (broad SMARTS) is 1. The van der Waals surface area contributed by atoms with Gasteiger partial charge in [-0.05, 0) is 42.2 Å². The van der Waals surface area contributed by atoms with Crippen LogP contribution in [0.4, 0.5) is 0 Å². The zero-order chi connectivity index (χ0) is 25.4. The summed E-state index contributed by atoms with van der Waals surface area (Å²) < 4.78 is 23.4. The van der Waals surface area contributed by atoms with Crippen molar-refractivity contribution in [2.75, 3.05) is 19.8 Å². The van der Waals surface area contributed by atoms with Crippen molar-refractivity contribution < 1.29 is 28.6 Å². The number of aromatic nitrogens is 1.